The van der Waals surface area contributed by atoms with Gasteiger partial charge in [-0.15, -0.1) is 11.3 Å². The molecule has 1 atom stereocenters. The molecule has 27 heavy (non-hydrogen) atoms. The number of ether oxygens (including phenoxy) is 1. The van der Waals surface area contributed by atoms with Crippen LogP contribution in [0, 0.1) is 32.1 Å². The Balaban J connectivity index is 1.85. The highest BCUT2D eigenvalue weighted by molar-refractivity contribution is 7.09. The zero-order chi connectivity index (χ0) is 20.0. The number of ketones is 2. The Morgan fingerprint density at radius 3 is 2.59 bits per heavy atom. The van der Waals surface area contributed by atoms with E-state index in [-0.39, 0.29) is 18.6 Å². The van der Waals surface area contributed by atoms with Crippen molar-refractivity contribution in [3.63, 3.8) is 0 Å². The van der Waals surface area contributed by atoms with Crippen LogP contribution in [0.15, 0.2) is 23.6 Å². The topological polar surface area (TPSA) is 97.1 Å². The SMILES string of the molecule is Cc1ccc(C)c(C(=O)CCC(=O)OCC(=O)[C@@H](C#N)c2nc(C)cs2)c1. The first-order valence-electron chi connectivity index (χ1n) is 8.42. The summed E-state index contributed by atoms with van der Waals surface area (Å²) in [5.41, 5.74) is 3.13. The van der Waals surface area contributed by atoms with E-state index in [0.29, 0.717) is 10.6 Å². The molecule has 0 N–H and O–H groups in total. The molecule has 0 aliphatic rings. The summed E-state index contributed by atoms with van der Waals surface area (Å²) < 4.78 is 4.94. The first-order chi connectivity index (χ1) is 12.8. The Morgan fingerprint density at radius 2 is 1.96 bits per heavy atom. The second-order valence-electron chi connectivity index (χ2n) is 6.26. The maximum Gasteiger partial charge on any atom is 0.306 e. The number of Topliss-reactive ketones (excluding diaryl/α,β-unsaturated/α-hetero) is 2. The Labute approximate surface area is 161 Å². The van der Waals surface area contributed by atoms with Crippen molar-refractivity contribution < 1.29 is 19.1 Å². The van der Waals surface area contributed by atoms with Gasteiger partial charge in [0, 0.05) is 23.1 Å². The predicted molar refractivity (Wildman–Crippen MR) is 101 cm³/mol. The first kappa shape index (κ1) is 20.5. The highest BCUT2D eigenvalue weighted by Gasteiger charge is 2.24. The van der Waals surface area contributed by atoms with Gasteiger partial charge in [0.2, 0.25) is 0 Å². The molecule has 0 fully saturated rings. The number of hydrogen-bond donors (Lipinski definition) is 0. The molecule has 1 aromatic heterocycles. The predicted octanol–water partition coefficient (Wildman–Crippen LogP) is 3.45. The summed E-state index contributed by atoms with van der Waals surface area (Å²) in [5.74, 6) is -2.37. The van der Waals surface area contributed by atoms with E-state index in [0.717, 1.165) is 16.8 Å². The standard InChI is InChI=1S/C20H20N2O4S/c1-12-4-5-13(2)15(8-12)17(23)6-7-19(25)26-10-18(24)16(9-21)20-22-14(3)11-27-20/h4-5,8,11,16H,6-7,10H2,1-3H3/t16-/m1/s1. The number of nitrogens with zero attached hydrogens (tertiary/aromatic N) is 2. The van der Waals surface area contributed by atoms with Gasteiger partial charge < -0.3 is 4.74 Å². The van der Waals surface area contributed by atoms with Gasteiger partial charge in [0.15, 0.2) is 24.1 Å². The normalized spacial score (nSPS) is 11.5. The van der Waals surface area contributed by atoms with Crippen LogP contribution in [0.4, 0.5) is 0 Å². The van der Waals surface area contributed by atoms with Crippen molar-refractivity contribution in [3.8, 4) is 6.07 Å². The fraction of sp³-hybridized carbons (Fsp3) is 0.350. The number of esters is 1. The third kappa shape index (κ3) is 5.56. The number of nitriles is 1. The van der Waals surface area contributed by atoms with E-state index in [1.54, 1.807) is 18.4 Å². The minimum Gasteiger partial charge on any atom is -0.458 e. The number of carbonyl (C=O) groups is 3. The van der Waals surface area contributed by atoms with Crippen LogP contribution in [-0.2, 0) is 14.3 Å². The van der Waals surface area contributed by atoms with Crippen LogP contribution in [0.5, 0.6) is 0 Å². The fourth-order valence-electron chi connectivity index (χ4n) is 2.46. The molecular formula is C20H20N2O4S. The van der Waals surface area contributed by atoms with Gasteiger partial charge in [0.25, 0.3) is 0 Å². The van der Waals surface area contributed by atoms with Gasteiger partial charge in [-0.2, -0.15) is 5.26 Å². The van der Waals surface area contributed by atoms with Gasteiger partial charge in [-0.3, -0.25) is 14.4 Å². The summed E-state index contributed by atoms with van der Waals surface area (Å²) in [6.45, 7) is 5.00. The van der Waals surface area contributed by atoms with Crippen molar-refractivity contribution in [2.75, 3.05) is 6.61 Å². The van der Waals surface area contributed by atoms with Crippen molar-refractivity contribution in [3.05, 3.63) is 51.0 Å². The Morgan fingerprint density at radius 1 is 1.22 bits per heavy atom. The maximum absolute atomic E-state index is 12.3. The van der Waals surface area contributed by atoms with Gasteiger partial charge >= 0.3 is 5.97 Å². The van der Waals surface area contributed by atoms with Crippen LogP contribution in [0.2, 0.25) is 0 Å². The molecule has 0 radical (unpaired) electrons. The molecule has 0 saturated carbocycles. The van der Waals surface area contributed by atoms with Crippen molar-refractivity contribution in [2.45, 2.75) is 39.5 Å². The van der Waals surface area contributed by atoms with Crippen molar-refractivity contribution in [2.24, 2.45) is 0 Å². The molecule has 0 spiro atoms. The maximum atomic E-state index is 12.3. The summed E-state index contributed by atoms with van der Waals surface area (Å²) in [7, 11) is 0. The number of rotatable bonds is 8. The average Bonchev–Trinajstić information content (AvgIpc) is 3.06. The largest absolute Gasteiger partial charge is 0.458 e. The molecule has 0 aliphatic heterocycles. The van der Waals surface area contributed by atoms with E-state index in [1.165, 1.54) is 11.3 Å². The number of thiazole rings is 1. The van der Waals surface area contributed by atoms with Crippen LogP contribution in [0.1, 0.15) is 50.9 Å². The zero-order valence-corrected chi connectivity index (χ0v) is 16.3. The molecule has 0 amide bonds. The minimum absolute atomic E-state index is 0.00463. The average molecular weight is 384 g/mol. The molecule has 0 saturated heterocycles. The molecule has 1 aromatic carbocycles. The summed E-state index contributed by atoms with van der Waals surface area (Å²) in [6, 6.07) is 7.46. The van der Waals surface area contributed by atoms with E-state index < -0.39 is 24.3 Å². The number of carbonyl (C=O) groups excluding carboxylic acids is 3. The van der Waals surface area contributed by atoms with Crippen LogP contribution >= 0.6 is 11.3 Å². The van der Waals surface area contributed by atoms with E-state index in [2.05, 4.69) is 4.98 Å². The van der Waals surface area contributed by atoms with Gasteiger partial charge in [0.05, 0.1) is 12.5 Å². The summed E-state index contributed by atoms with van der Waals surface area (Å²) in [5, 5.41) is 11.3. The molecule has 7 heteroatoms. The molecule has 0 aliphatic carbocycles. The molecule has 2 aromatic rings. The second-order valence-corrected chi connectivity index (χ2v) is 7.15. The Hall–Kier alpha value is -2.85. The van der Waals surface area contributed by atoms with Crippen LogP contribution < -0.4 is 0 Å². The monoisotopic (exact) mass is 384 g/mol. The van der Waals surface area contributed by atoms with Crippen molar-refractivity contribution >= 4 is 28.9 Å². The molecule has 0 unspecified atom stereocenters. The molecule has 6 nitrogen and oxygen atoms in total. The van der Waals surface area contributed by atoms with E-state index in [1.807, 2.05) is 32.0 Å². The summed E-state index contributed by atoms with van der Waals surface area (Å²) in [4.78, 5) is 40.4. The van der Waals surface area contributed by atoms with Crippen LogP contribution in [0.3, 0.4) is 0 Å². The van der Waals surface area contributed by atoms with E-state index in [4.69, 9.17) is 4.74 Å². The molecule has 1 heterocycles. The van der Waals surface area contributed by atoms with Crippen molar-refractivity contribution in [1.29, 1.82) is 5.26 Å². The van der Waals surface area contributed by atoms with Gasteiger partial charge in [-0.25, -0.2) is 4.98 Å². The Bertz CT molecular complexity index is 911. The van der Waals surface area contributed by atoms with E-state index >= 15 is 0 Å². The molecule has 0 bridgehead atoms. The highest BCUT2D eigenvalue weighted by Crippen LogP contribution is 2.21. The van der Waals surface area contributed by atoms with Gasteiger partial charge in [-0.1, -0.05) is 17.7 Å². The Kier molecular flexibility index (Phi) is 6.97. The highest BCUT2D eigenvalue weighted by atomic mass is 32.1. The third-order valence-corrected chi connectivity index (χ3v) is 4.99. The zero-order valence-electron chi connectivity index (χ0n) is 15.4. The van der Waals surface area contributed by atoms with Crippen molar-refractivity contribution in [1.82, 2.24) is 4.98 Å². The first-order valence-corrected chi connectivity index (χ1v) is 9.30. The van der Waals surface area contributed by atoms with Crippen LogP contribution in [0.25, 0.3) is 0 Å². The molecular weight excluding hydrogens is 364 g/mol. The number of aryl methyl sites for hydroxylation is 3. The number of aromatic nitrogens is 1. The van der Waals surface area contributed by atoms with E-state index in [9.17, 15) is 19.6 Å². The molecule has 140 valence electrons. The lowest BCUT2D eigenvalue weighted by Gasteiger charge is -2.08. The fourth-order valence-corrected chi connectivity index (χ4v) is 3.32. The van der Waals surface area contributed by atoms with Gasteiger partial charge in [0.1, 0.15) is 5.01 Å². The minimum atomic E-state index is -1.05. The molecule has 2 rings (SSSR count). The number of hydrogen-bond acceptors (Lipinski definition) is 7. The van der Waals surface area contributed by atoms with Gasteiger partial charge in [-0.05, 0) is 32.4 Å². The third-order valence-electron chi connectivity index (χ3n) is 3.96. The number of benzene rings is 1. The lowest BCUT2D eigenvalue weighted by Crippen LogP contribution is -2.20. The van der Waals surface area contributed by atoms with Crippen LogP contribution in [-0.4, -0.2) is 29.1 Å². The summed E-state index contributed by atoms with van der Waals surface area (Å²) >= 11 is 1.22. The lowest BCUT2D eigenvalue weighted by molar-refractivity contribution is -0.148. The smallest absolute Gasteiger partial charge is 0.306 e. The second kappa shape index (κ2) is 9.19. The lowest BCUT2D eigenvalue weighted by atomic mass is 9.99. The summed E-state index contributed by atoms with van der Waals surface area (Å²) in [6.07, 6.45) is -0.113. The quantitative estimate of drug-likeness (QED) is 0.511.